The Morgan fingerprint density at radius 3 is 2.11 bits per heavy atom. The lowest BCUT2D eigenvalue weighted by molar-refractivity contribution is -0.250. The van der Waals surface area contributed by atoms with Crippen LogP contribution in [0.4, 0.5) is 0 Å². The number of aliphatic carboxylic acids is 1. The molecule has 5 fully saturated rings. The molecule has 5 rings (SSSR count). The number of esters is 1. The Balaban J connectivity index is 1.52. The van der Waals surface area contributed by atoms with E-state index in [1.54, 1.807) is 6.92 Å². The van der Waals surface area contributed by atoms with E-state index in [0.29, 0.717) is 23.7 Å². The predicted molar refractivity (Wildman–Crippen MR) is 142 cm³/mol. The molecule has 36 heavy (non-hydrogen) atoms. The maximum absolute atomic E-state index is 12.8. The molecule has 4 nitrogen and oxygen atoms in total. The van der Waals surface area contributed by atoms with Gasteiger partial charge in [0.25, 0.3) is 0 Å². The Morgan fingerprint density at radius 1 is 0.806 bits per heavy atom. The second kappa shape index (κ2) is 8.09. The summed E-state index contributed by atoms with van der Waals surface area (Å²) in [6.45, 7) is 20.4. The summed E-state index contributed by atoms with van der Waals surface area (Å²) in [4.78, 5) is 24.7. The molecule has 5 aliphatic carbocycles. The molecule has 0 spiro atoms. The highest BCUT2D eigenvalue weighted by Crippen LogP contribution is 2.77. The van der Waals surface area contributed by atoms with E-state index < -0.39 is 11.4 Å². The van der Waals surface area contributed by atoms with Crippen molar-refractivity contribution in [3.05, 3.63) is 12.2 Å². The number of fused-ring (bicyclic) bond motifs is 7. The lowest BCUT2D eigenvalue weighted by Gasteiger charge is -2.72. The molecule has 10 atom stereocenters. The summed E-state index contributed by atoms with van der Waals surface area (Å²) in [5.41, 5.74) is 1.20. The first-order chi connectivity index (χ1) is 16.6. The van der Waals surface area contributed by atoms with Gasteiger partial charge < -0.3 is 9.84 Å². The zero-order valence-corrected chi connectivity index (χ0v) is 23.9. The number of carboxylic acid groups (broad SMARTS) is 1. The predicted octanol–water partition coefficient (Wildman–Crippen LogP) is 7.66. The van der Waals surface area contributed by atoms with Crippen LogP contribution >= 0.6 is 0 Å². The highest BCUT2D eigenvalue weighted by molar-refractivity contribution is 5.76. The van der Waals surface area contributed by atoms with Crippen LogP contribution in [0.2, 0.25) is 0 Å². The molecular weight excluding hydrogens is 448 g/mol. The van der Waals surface area contributed by atoms with Crippen LogP contribution in [0.5, 0.6) is 0 Å². The zero-order valence-electron chi connectivity index (χ0n) is 23.9. The smallest absolute Gasteiger partial charge is 0.309 e. The molecule has 4 heteroatoms. The third kappa shape index (κ3) is 3.17. The van der Waals surface area contributed by atoms with Crippen LogP contribution in [0, 0.1) is 56.7 Å². The van der Waals surface area contributed by atoms with Gasteiger partial charge >= 0.3 is 11.9 Å². The van der Waals surface area contributed by atoms with Gasteiger partial charge in [-0.15, -0.1) is 0 Å². The number of hydrogen-bond donors (Lipinski definition) is 1. The largest absolute Gasteiger partial charge is 0.481 e. The number of carbonyl (C=O) groups is 2. The minimum Gasteiger partial charge on any atom is -0.481 e. The summed E-state index contributed by atoms with van der Waals surface area (Å²) in [5, 5.41) is 10.5. The average molecular weight is 499 g/mol. The van der Waals surface area contributed by atoms with E-state index in [-0.39, 0.29) is 39.7 Å². The molecule has 0 bridgehead atoms. The van der Waals surface area contributed by atoms with E-state index in [4.69, 9.17) is 4.74 Å². The normalized spacial score (nSPS) is 51.2. The lowest BCUT2D eigenvalue weighted by Crippen LogP contribution is -2.67. The SMILES string of the molecule is C=C(C)[C@@H]1CC[C@]2(C(=O)O)CC[C@]3(C)[C@H](CC[C@@H]4[C@@]5(C)CC[C@@H](OC(C)=O)C(C)(C)[C@@H]5CC[C@]43C)[C@@H]12. The van der Waals surface area contributed by atoms with E-state index in [9.17, 15) is 14.7 Å². The maximum atomic E-state index is 12.8. The number of carbonyl (C=O) groups excluding carboxylic acids is 1. The van der Waals surface area contributed by atoms with Gasteiger partial charge in [-0.05, 0) is 117 Å². The lowest BCUT2D eigenvalue weighted by atomic mass is 9.32. The van der Waals surface area contributed by atoms with Gasteiger partial charge in [-0.3, -0.25) is 9.59 Å². The summed E-state index contributed by atoms with van der Waals surface area (Å²) < 4.78 is 5.88. The first-order valence-electron chi connectivity index (χ1n) is 14.7. The fourth-order valence-electron chi connectivity index (χ4n) is 11.9. The molecule has 5 saturated carbocycles. The third-order valence-electron chi connectivity index (χ3n) is 13.7. The molecule has 202 valence electrons. The zero-order chi connectivity index (χ0) is 26.5. The molecule has 0 unspecified atom stereocenters. The average Bonchev–Trinajstić information content (AvgIpc) is 3.17. The molecule has 0 aromatic heterocycles. The minimum atomic E-state index is -0.553. The topological polar surface area (TPSA) is 63.6 Å². The Kier molecular flexibility index (Phi) is 5.91. The van der Waals surface area contributed by atoms with Crippen molar-refractivity contribution in [3.8, 4) is 0 Å². The number of allylic oxidation sites excluding steroid dienone is 1. The monoisotopic (exact) mass is 498 g/mol. The number of ether oxygens (including phenoxy) is 1. The molecule has 0 radical (unpaired) electrons. The number of hydrogen-bond acceptors (Lipinski definition) is 3. The van der Waals surface area contributed by atoms with E-state index in [1.807, 2.05) is 0 Å². The van der Waals surface area contributed by atoms with Gasteiger partial charge in [-0.1, -0.05) is 46.8 Å². The fraction of sp³-hybridized carbons (Fsp3) is 0.875. The molecule has 0 heterocycles. The summed E-state index contributed by atoms with van der Waals surface area (Å²) in [6.07, 6.45) is 10.5. The molecule has 0 aromatic carbocycles. The van der Waals surface area contributed by atoms with Crippen LogP contribution in [0.15, 0.2) is 12.2 Å². The summed E-state index contributed by atoms with van der Waals surface area (Å²) in [6, 6.07) is 0. The van der Waals surface area contributed by atoms with Crippen LogP contribution in [0.3, 0.4) is 0 Å². The molecule has 5 aliphatic rings. The maximum Gasteiger partial charge on any atom is 0.309 e. The van der Waals surface area contributed by atoms with E-state index in [1.165, 1.54) is 24.8 Å². The first-order valence-corrected chi connectivity index (χ1v) is 14.7. The minimum absolute atomic E-state index is 0.00466. The van der Waals surface area contributed by atoms with Crippen molar-refractivity contribution in [2.24, 2.45) is 56.7 Å². The van der Waals surface area contributed by atoms with Gasteiger partial charge in [-0.2, -0.15) is 0 Å². The molecule has 1 N–H and O–H groups in total. The van der Waals surface area contributed by atoms with E-state index >= 15 is 0 Å². The van der Waals surface area contributed by atoms with Crippen molar-refractivity contribution in [1.82, 2.24) is 0 Å². The van der Waals surface area contributed by atoms with Crippen molar-refractivity contribution >= 4 is 11.9 Å². The molecular formula is C32H50O4. The van der Waals surface area contributed by atoms with Crippen LogP contribution in [-0.2, 0) is 14.3 Å². The van der Waals surface area contributed by atoms with E-state index in [2.05, 4.69) is 48.1 Å². The van der Waals surface area contributed by atoms with Crippen LogP contribution in [-0.4, -0.2) is 23.1 Å². The Bertz CT molecular complexity index is 967. The second-order valence-electron chi connectivity index (χ2n) is 15.1. The Hall–Kier alpha value is -1.32. The third-order valence-corrected chi connectivity index (χ3v) is 13.7. The van der Waals surface area contributed by atoms with Gasteiger partial charge in [-0.25, -0.2) is 0 Å². The van der Waals surface area contributed by atoms with E-state index in [0.717, 1.165) is 44.9 Å². The van der Waals surface area contributed by atoms with Crippen molar-refractivity contribution in [2.45, 2.75) is 119 Å². The molecule has 0 aromatic rings. The first kappa shape index (κ1) is 26.3. The van der Waals surface area contributed by atoms with Gasteiger partial charge in [0.2, 0.25) is 0 Å². The Morgan fingerprint density at radius 2 is 1.50 bits per heavy atom. The highest BCUT2D eigenvalue weighted by Gasteiger charge is 2.72. The summed E-state index contributed by atoms with van der Waals surface area (Å²) in [5.74, 6) is 1.49. The number of carboxylic acids is 1. The molecule has 0 saturated heterocycles. The molecule has 0 amide bonds. The highest BCUT2D eigenvalue weighted by atomic mass is 16.5. The number of rotatable bonds is 3. The van der Waals surface area contributed by atoms with Crippen LogP contribution < -0.4 is 0 Å². The Labute approximate surface area is 219 Å². The van der Waals surface area contributed by atoms with Crippen molar-refractivity contribution < 1.29 is 19.4 Å². The van der Waals surface area contributed by atoms with Crippen molar-refractivity contribution in [2.75, 3.05) is 0 Å². The fourth-order valence-corrected chi connectivity index (χ4v) is 11.9. The van der Waals surface area contributed by atoms with Gasteiger partial charge in [0.15, 0.2) is 0 Å². The molecule has 0 aliphatic heterocycles. The van der Waals surface area contributed by atoms with Gasteiger partial charge in [0, 0.05) is 12.3 Å². The van der Waals surface area contributed by atoms with Crippen molar-refractivity contribution in [1.29, 1.82) is 0 Å². The van der Waals surface area contributed by atoms with Crippen molar-refractivity contribution in [3.63, 3.8) is 0 Å². The quantitative estimate of drug-likeness (QED) is 0.320. The van der Waals surface area contributed by atoms with Gasteiger partial charge in [0.1, 0.15) is 6.10 Å². The second-order valence-corrected chi connectivity index (χ2v) is 15.1. The van der Waals surface area contributed by atoms with Crippen LogP contribution in [0.25, 0.3) is 0 Å². The summed E-state index contributed by atoms with van der Waals surface area (Å²) >= 11 is 0. The van der Waals surface area contributed by atoms with Gasteiger partial charge in [0.05, 0.1) is 5.41 Å². The standard InChI is InChI=1S/C32H50O4/c1-19(2)21-11-16-32(27(34)35)18-17-30(7)22(26(21)32)9-10-24-29(6)14-13-25(36-20(3)33)28(4,5)23(29)12-15-31(24,30)8/h21-26H,1,9-18H2,2-8H3,(H,34,35)/t21-,22+,23-,24+,25+,26+,29-,30+,31+,32-/m0/s1. The summed E-state index contributed by atoms with van der Waals surface area (Å²) in [7, 11) is 0. The van der Waals surface area contributed by atoms with Crippen LogP contribution in [0.1, 0.15) is 113 Å².